The summed E-state index contributed by atoms with van der Waals surface area (Å²) in [5, 5.41) is 10.1. The molecule has 0 amide bonds. The summed E-state index contributed by atoms with van der Waals surface area (Å²) in [5.41, 5.74) is 1.62. The lowest BCUT2D eigenvalue weighted by atomic mass is 10.2. The van der Waals surface area contributed by atoms with E-state index in [-0.39, 0.29) is 5.82 Å². The second-order valence-electron chi connectivity index (χ2n) is 6.83. The molecule has 7 nitrogen and oxygen atoms in total. The molecule has 0 spiro atoms. The van der Waals surface area contributed by atoms with Crippen molar-refractivity contribution in [2.75, 3.05) is 0 Å². The summed E-state index contributed by atoms with van der Waals surface area (Å²) in [4.78, 5) is 13.5. The minimum absolute atomic E-state index is 0.308. The standard InChI is InChI=1S/C23H16FN5O2S/c1-14(30-17-10-8-16(24)9-11-17)21-28-29-23(31-21)32-22-18-6-2-3-7-19(18)26-20(27-22)15-5-4-12-25-13-15/h2-14H,1H3/t14-/m0/s1. The molecule has 5 aromatic rings. The van der Waals surface area contributed by atoms with Crippen LogP contribution < -0.4 is 4.74 Å². The normalized spacial score (nSPS) is 12.1. The summed E-state index contributed by atoms with van der Waals surface area (Å²) in [6.07, 6.45) is 2.92. The number of hydrogen-bond donors (Lipinski definition) is 0. The Labute approximate surface area is 186 Å². The van der Waals surface area contributed by atoms with E-state index < -0.39 is 6.10 Å². The third kappa shape index (κ3) is 4.28. The fraction of sp³-hybridized carbons (Fsp3) is 0.0870. The average molecular weight is 445 g/mol. The molecule has 1 atom stereocenters. The van der Waals surface area contributed by atoms with Gasteiger partial charge in [-0.3, -0.25) is 4.98 Å². The lowest BCUT2D eigenvalue weighted by Crippen LogP contribution is -2.03. The maximum atomic E-state index is 13.1. The predicted molar refractivity (Wildman–Crippen MR) is 117 cm³/mol. The smallest absolute Gasteiger partial charge is 0.283 e. The molecule has 0 saturated carbocycles. The highest BCUT2D eigenvalue weighted by atomic mass is 32.2. The number of hydrogen-bond acceptors (Lipinski definition) is 8. The van der Waals surface area contributed by atoms with E-state index in [9.17, 15) is 4.39 Å². The zero-order valence-electron chi connectivity index (χ0n) is 16.8. The van der Waals surface area contributed by atoms with Gasteiger partial charge < -0.3 is 9.15 Å². The number of halogens is 1. The van der Waals surface area contributed by atoms with Crippen LogP contribution in [0.1, 0.15) is 18.9 Å². The third-order valence-corrected chi connectivity index (χ3v) is 5.41. The van der Waals surface area contributed by atoms with E-state index in [2.05, 4.69) is 20.2 Å². The molecule has 3 aromatic heterocycles. The number of nitrogens with zero attached hydrogens (tertiary/aromatic N) is 5. The van der Waals surface area contributed by atoms with Gasteiger partial charge >= 0.3 is 0 Å². The molecule has 0 unspecified atom stereocenters. The Morgan fingerprint density at radius 1 is 0.969 bits per heavy atom. The van der Waals surface area contributed by atoms with Crippen LogP contribution in [-0.2, 0) is 0 Å². The van der Waals surface area contributed by atoms with Crippen molar-refractivity contribution in [2.45, 2.75) is 23.3 Å². The van der Waals surface area contributed by atoms with E-state index in [1.54, 1.807) is 31.5 Å². The molecule has 0 radical (unpaired) electrons. The molecule has 158 valence electrons. The molecule has 9 heteroatoms. The second-order valence-corrected chi connectivity index (χ2v) is 7.77. The molecule has 0 fully saturated rings. The number of ether oxygens (including phenoxy) is 1. The van der Waals surface area contributed by atoms with Crippen molar-refractivity contribution in [3.8, 4) is 17.1 Å². The first-order valence-electron chi connectivity index (χ1n) is 9.76. The average Bonchev–Trinajstić information content (AvgIpc) is 3.30. The van der Waals surface area contributed by atoms with E-state index in [4.69, 9.17) is 14.1 Å². The van der Waals surface area contributed by atoms with Crippen LogP contribution in [0.15, 0.2) is 87.7 Å². The largest absolute Gasteiger partial charge is 0.481 e. The first-order chi connectivity index (χ1) is 15.7. The van der Waals surface area contributed by atoms with Crippen LogP contribution in [0.3, 0.4) is 0 Å². The number of benzene rings is 2. The number of pyridine rings is 1. The Balaban J connectivity index is 1.42. The molecule has 0 bridgehead atoms. The Bertz CT molecular complexity index is 1360. The zero-order chi connectivity index (χ0) is 21.9. The van der Waals surface area contributed by atoms with Gasteiger partial charge in [0.2, 0.25) is 0 Å². The van der Waals surface area contributed by atoms with Gasteiger partial charge in [0.25, 0.3) is 11.1 Å². The SMILES string of the molecule is C[C@H](Oc1ccc(F)cc1)c1nnc(Sc2nc(-c3cccnc3)nc3ccccc23)o1. The third-order valence-electron chi connectivity index (χ3n) is 4.57. The van der Waals surface area contributed by atoms with Crippen molar-refractivity contribution in [3.05, 3.63) is 84.8 Å². The first-order valence-corrected chi connectivity index (χ1v) is 10.6. The van der Waals surface area contributed by atoms with Gasteiger partial charge in [0, 0.05) is 23.3 Å². The van der Waals surface area contributed by atoms with Gasteiger partial charge in [-0.05, 0) is 61.2 Å². The number of aromatic nitrogens is 5. The Kier molecular flexibility index (Phi) is 5.47. The Hall–Kier alpha value is -3.85. The van der Waals surface area contributed by atoms with E-state index in [0.29, 0.717) is 27.7 Å². The highest BCUT2D eigenvalue weighted by molar-refractivity contribution is 7.99. The minimum Gasteiger partial charge on any atom is -0.481 e. The van der Waals surface area contributed by atoms with Gasteiger partial charge in [0.15, 0.2) is 11.9 Å². The van der Waals surface area contributed by atoms with Crippen LogP contribution in [0.2, 0.25) is 0 Å². The van der Waals surface area contributed by atoms with E-state index in [1.165, 1.54) is 23.9 Å². The molecular weight excluding hydrogens is 429 g/mol. The van der Waals surface area contributed by atoms with Gasteiger partial charge in [-0.2, -0.15) is 0 Å². The van der Waals surface area contributed by atoms with E-state index in [0.717, 1.165) is 16.5 Å². The number of rotatable bonds is 6. The van der Waals surface area contributed by atoms with Crippen molar-refractivity contribution in [1.29, 1.82) is 0 Å². The molecule has 0 aliphatic carbocycles. The summed E-state index contributed by atoms with van der Waals surface area (Å²) in [5.74, 6) is 1.05. The number of fused-ring (bicyclic) bond motifs is 1. The van der Waals surface area contributed by atoms with Crippen LogP contribution in [0.4, 0.5) is 4.39 Å². The summed E-state index contributed by atoms with van der Waals surface area (Å²) < 4.78 is 24.7. The quantitative estimate of drug-likeness (QED) is 0.317. The maximum absolute atomic E-state index is 13.1. The fourth-order valence-corrected chi connectivity index (χ4v) is 3.81. The van der Waals surface area contributed by atoms with Crippen molar-refractivity contribution in [1.82, 2.24) is 25.1 Å². The molecule has 5 rings (SSSR count). The van der Waals surface area contributed by atoms with Gasteiger partial charge in [0.1, 0.15) is 16.6 Å². The summed E-state index contributed by atoms with van der Waals surface area (Å²) in [6.45, 7) is 1.78. The van der Waals surface area contributed by atoms with Crippen LogP contribution in [0.5, 0.6) is 5.75 Å². The molecule has 2 aromatic carbocycles. The monoisotopic (exact) mass is 445 g/mol. The van der Waals surface area contributed by atoms with Crippen molar-refractivity contribution >= 4 is 22.7 Å². The van der Waals surface area contributed by atoms with Gasteiger partial charge in [-0.25, -0.2) is 14.4 Å². The topological polar surface area (TPSA) is 86.8 Å². The highest BCUT2D eigenvalue weighted by Gasteiger charge is 2.19. The molecule has 0 N–H and O–H groups in total. The fourth-order valence-electron chi connectivity index (χ4n) is 3.03. The summed E-state index contributed by atoms with van der Waals surface area (Å²) >= 11 is 1.26. The van der Waals surface area contributed by atoms with Crippen LogP contribution in [-0.4, -0.2) is 25.1 Å². The Morgan fingerprint density at radius 2 is 1.81 bits per heavy atom. The maximum Gasteiger partial charge on any atom is 0.283 e. The highest BCUT2D eigenvalue weighted by Crippen LogP contribution is 2.33. The van der Waals surface area contributed by atoms with Crippen LogP contribution >= 0.6 is 11.8 Å². The van der Waals surface area contributed by atoms with Gasteiger partial charge in [0.05, 0.1) is 5.52 Å². The summed E-state index contributed by atoms with van der Waals surface area (Å²) in [6, 6.07) is 17.2. The van der Waals surface area contributed by atoms with Crippen LogP contribution in [0, 0.1) is 5.82 Å². The molecule has 3 heterocycles. The molecule has 0 aliphatic heterocycles. The van der Waals surface area contributed by atoms with E-state index in [1.807, 2.05) is 36.4 Å². The van der Waals surface area contributed by atoms with Gasteiger partial charge in [-0.1, -0.05) is 18.2 Å². The van der Waals surface area contributed by atoms with Crippen molar-refractivity contribution in [2.24, 2.45) is 0 Å². The molecule has 0 saturated heterocycles. The van der Waals surface area contributed by atoms with Gasteiger partial charge in [-0.15, -0.1) is 10.2 Å². The zero-order valence-corrected chi connectivity index (χ0v) is 17.7. The predicted octanol–water partition coefficient (Wildman–Crippen LogP) is 5.51. The second kappa shape index (κ2) is 8.72. The lowest BCUT2D eigenvalue weighted by Gasteiger charge is -2.10. The van der Waals surface area contributed by atoms with Crippen molar-refractivity contribution in [3.63, 3.8) is 0 Å². The van der Waals surface area contributed by atoms with E-state index >= 15 is 0 Å². The Morgan fingerprint density at radius 3 is 2.62 bits per heavy atom. The van der Waals surface area contributed by atoms with Crippen LogP contribution in [0.25, 0.3) is 22.3 Å². The molecule has 0 aliphatic rings. The lowest BCUT2D eigenvalue weighted by molar-refractivity contribution is 0.181. The number of para-hydroxylation sites is 1. The summed E-state index contributed by atoms with van der Waals surface area (Å²) in [7, 11) is 0. The minimum atomic E-state index is -0.504. The molecule has 32 heavy (non-hydrogen) atoms. The first kappa shape index (κ1) is 20.1. The molecular formula is C23H16FN5O2S. The van der Waals surface area contributed by atoms with Crippen molar-refractivity contribution < 1.29 is 13.5 Å².